The number of esters is 1. The van der Waals surface area contributed by atoms with Gasteiger partial charge in [0.05, 0.1) is 24.9 Å². The van der Waals surface area contributed by atoms with Crippen molar-refractivity contribution < 1.29 is 14.3 Å². The predicted octanol–water partition coefficient (Wildman–Crippen LogP) is 3.66. The lowest BCUT2D eigenvalue weighted by Gasteiger charge is -2.30. The number of nitrogens with one attached hydrogen (secondary N) is 1. The molecule has 0 bridgehead atoms. The standard InChI is InChI=1S/C23H23N3O3/c1-2-29-21(27)15-24-23(28)26-16-18-11-6-7-12-19(18)25-14-8-13-20(25)22(26)17-9-4-3-5-10-17/h3-14,22H,2,15-16H2,1H3,(H,24,28)/t22-/m1/s1. The first-order valence-electron chi connectivity index (χ1n) is 9.69. The molecule has 1 aliphatic rings. The first-order valence-corrected chi connectivity index (χ1v) is 9.69. The summed E-state index contributed by atoms with van der Waals surface area (Å²) in [7, 11) is 0. The van der Waals surface area contributed by atoms with Crippen LogP contribution in [0, 0.1) is 0 Å². The number of benzene rings is 2. The number of para-hydroxylation sites is 1. The average Bonchev–Trinajstić information content (AvgIpc) is 3.17. The topological polar surface area (TPSA) is 63.6 Å². The van der Waals surface area contributed by atoms with E-state index in [1.807, 2.05) is 66.9 Å². The number of rotatable bonds is 4. The van der Waals surface area contributed by atoms with Gasteiger partial charge in [0.1, 0.15) is 6.54 Å². The smallest absolute Gasteiger partial charge is 0.325 e. The fraction of sp³-hybridized carbons (Fsp3) is 0.217. The van der Waals surface area contributed by atoms with Gasteiger partial charge in [-0.1, -0.05) is 48.5 Å². The lowest BCUT2D eigenvalue weighted by Crippen LogP contribution is -2.44. The van der Waals surface area contributed by atoms with Crippen molar-refractivity contribution in [3.8, 4) is 5.69 Å². The molecule has 6 nitrogen and oxygen atoms in total. The molecular formula is C23H23N3O3. The number of ether oxygens (including phenoxy) is 1. The molecule has 29 heavy (non-hydrogen) atoms. The third-order valence-corrected chi connectivity index (χ3v) is 5.03. The Morgan fingerprint density at radius 1 is 1.03 bits per heavy atom. The molecule has 0 fully saturated rings. The Bertz CT molecular complexity index is 1010. The van der Waals surface area contributed by atoms with Gasteiger partial charge in [0, 0.05) is 11.9 Å². The van der Waals surface area contributed by atoms with Crippen molar-refractivity contribution in [2.24, 2.45) is 0 Å². The van der Waals surface area contributed by atoms with Crippen LogP contribution in [0.25, 0.3) is 5.69 Å². The Morgan fingerprint density at radius 3 is 2.59 bits per heavy atom. The summed E-state index contributed by atoms with van der Waals surface area (Å²) < 4.78 is 7.07. The van der Waals surface area contributed by atoms with Gasteiger partial charge >= 0.3 is 12.0 Å². The Kier molecular flexibility index (Phi) is 5.33. The number of carbonyl (C=O) groups is 2. The molecule has 6 heteroatoms. The maximum Gasteiger partial charge on any atom is 0.325 e. The molecule has 0 unspecified atom stereocenters. The number of hydrogen-bond donors (Lipinski definition) is 1. The summed E-state index contributed by atoms with van der Waals surface area (Å²) in [5.74, 6) is -0.448. The first-order chi connectivity index (χ1) is 14.2. The zero-order valence-electron chi connectivity index (χ0n) is 16.2. The minimum absolute atomic E-state index is 0.159. The van der Waals surface area contributed by atoms with Crippen molar-refractivity contribution in [2.75, 3.05) is 13.2 Å². The maximum absolute atomic E-state index is 13.2. The molecule has 1 aromatic heterocycles. The number of aromatic nitrogens is 1. The van der Waals surface area contributed by atoms with Gasteiger partial charge in [0.25, 0.3) is 0 Å². The van der Waals surface area contributed by atoms with Crippen LogP contribution in [0.3, 0.4) is 0 Å². The lowest BCUT2D eigenvalue weighted by molar-refractivity contribution is -0.141. The molecule has 0 saturated carbocycles. The van der Waals surface area contributed by atoms with E-state index in [0.717, 1.165) is 22.5 Å². The summed E-state index contributed by atoms with van der Waals surface area (Å²) in [6.45, 7) is 2.29. The van der Waals surface area contributed by atoms with Crippen LogP contribution in [0.5, 0.6) is 0 Å². The third-order valence-electron chi connectivity index (χ3n) is 5.03. The summed E-state index contributed by atoms with van der Waals surface area (Å²) in [6.07, 6.45) is 2.02. The van der Waals surface area contributed by atoms with Crippen LogP contribution >= 0.6 is 0 Å². The van der Waals surface area contributed by atoms with Gasteiger partial charge in [0.2, 0.25) is 0 Å². The predicted molar refractivity (Wildman–Crippen MR) is 110 cm³/mol. The highest BCUT2D eigenvalue weighted by molar-refractivity contribution is 5.81. The molecule has 3 aromatic rings. The second kappa shape index (κ2) is 8.22. The van der Waals surface area contributed by atoms with Crippen molar-refractivity contribution >= 4 is 12.0 Å². The van der Waals surface area contributed by atoms with Gasteiger partial charge in [-0.3, -0.25) is 4.79 Å². The fourth-order valence-electron chi connectivity index (χ4n) is 3.79. The van der Waals surface area contributed by atoms with Crippen LogP contribution in [0.2, 0.25) is 0 Å². The summed E-state index contributed by atoms with van der Waals surface area (Å²) in [5, 5.41) is 2.72. The van der Waals surface area contributed by atoms with Gasteiger partial charge in [-0.05, 0) is 36.2 Å². The highest BCUT2D eigenvalue weighted by Crippen LogP contribution is 2.36. The molecule has 2 amide bonds. The maximum atomic E-state index is 13.2. The van der Waals surface area contributed by atoms with E-state index in [2.05, 4.69) is 16.0 Å². The van der Waals surface area contributed by atoms with Gasteiger partial charge in [-0.25, -0.2) is 4.79 Å². The minimum Gasteiger partial charge on any atom is -0.465 e. The number of nitrogens with zero attached hydrogens (tertiary/aromatic N) is 2. The normalized spacial score (nSPS) is 15.1. The van der Waals surface area contributed by atoms with E-state index in [0.29, 0.717) is 6.54 Å². The van der Waals surface area contributed by atoms with E-state index in [4.69, 9.17) is 4.74 Å². The average molecular weight is 389 g/mol. The largest absolute Gasteiger partial charge is 0.465 e. The van der Waals surface area contributed by atoms with Crippen LogP contribution in [0.1, 0.15) is 29.8 Å². The van der Waals surface area contributed by atoms with E-state index >= 15 is 0 Å². The quantitative estimate of drug-likeness (QED) is 0.693. The van der Waals surface area contributed by atoms with Gasteiger partial charge in [-0.2, -0.15) is 0 Å². The summed E-state index contributed by atoms with van der Waals surface area (Å²) in [5.41, 5.74) is 4.09. The molecule has 4 rings (SSSR count). The van der Waals surface area contributed by atoms with E-state index in [9.17, 15) is 9.59 Å². The molecule has 148 valence electrons. The monoisotopic (exact) mass is 389 g/mol. The van der Waals surface area contributed by atoms with Crippen LogP contribution in [-0.4, -0.2) is 34.6 Å². The number of hydrogen-bond acceptors (Lipinski definition) is 3. The number of fused-ring (bicyclic) bond motifs is 3. The SMILES string of the molecule is CCOC(=O)CNC(=O)N1Cc2ccccc2-n2cccc2[C@H]1c1ccccc1. The van der Waals surface area contributed by atoms with Crippen molar-refractivity contribution in [1.82, 2.24) is 14.8 Å². The molecule has 0 radical (unpaired) electrons. The van der Waals surface area contributed by atoms with Crippen LogP contribution < -0.4 is 5.32 Å². The number of amides is 2. The van der Waals surface area contributed by atoms with E-state index in [1.165, 1.54) is 0 Å². The van der Waals surface area contributed by atoms with E-state index in [-0.39, 0.29) is 25.2 Å². The van der Waals surface area contributed by atoms with Crippen molar-refractivity contribution in [3.63, 3.8) is 0 Å². The fourth-order valence-corrected chi connectivity index (χ4v) is 3.79. The first kappa shape index (κ1) is 18.8. The molecule has 1 N–H and O–H groups in total. The third kappa shape index (κ3) is 3.74. The molecule has 0 spiro atoms. The summed E-state index contributed by atoms with van der Waals surface area (Å²) in [4.78, 5) is 26.7. The Labute approximate surface area is 169 Å². The number of urea groups is 1. The highest BCUT2D eigenvalue weighted by Gasteiger charge is 2.32. The highest BCUT2D eigenvalue weighted by atomic mass is 16.5. The van der Waals surface area contributed by atoms with Crippen LogP contribution in [0.4, 0.5) is 4.79 Å². The molecule has 0 saturated heterocycles. The van der Waals surface area contributed by atoms with E-state index in [1.54, 1.807) is 11.8 Å². The van der Waals surface area contributed by atoms with Gasteiger partial charge in [0.15, 0.2) is 0 Å². The van der Waals surface area contributed by atoms with Crippen molar-refractivity contribution in [2.45, 2.75) is 19.5 Å². The molecule has 1 atom stereocenters. The van der Waals surface area contributed by atoms with E-state index < -0.39 is 5.97 Å². The lowest BCUT2D eigenvalue weighted by atomic mass is 10.0. The zero-order valence-corrected chi connectivity index (χ0v) is 16.2. The molecular weight excluding hydrogens is 366 g/mol. The Morgan fingerprint density at radius 2 is 1.79 bits per heavy atom. The second-order valence-corrected chi connectivity index (χ2v) is 6.84. The van der Waals surface area contributed by atoms with Gasteiger partial charge < -0.3 is 19.5 Å². The van der Waals surface area contributed by atoms with Crippen molar-refractivity contribution in [1.29, 1.82) is 0 Å². The summed E-state index contributed by atoms with van der Waals surface area (Å²) in [6, 6.07) is 21.4. The molecule has 1 aliphatic heterocycles. The van der Waals surface area contributed by atoms with Gasteiger partial charge in [-0.15, -0.1) is 0 Å². The molecule has 2 heterocycles. The minimum atomic E-state index is -0.448. The van der Waals surface area contributed by atoms with Crippen LogP contribution in [-0.2, 0) is 16.1 Å². The Hall–Kier alpha value is -3.54. The second-order valence-electron chi connectivity index (χ2n) is 6.84. The Balaban J connectivity index is 1.75. The summed E-state index contributed by atoms with van der Waals surface area (Å²) >= 11 is 0. The van der Waals surface area contributed by atoms with Crippen LogP contribution in [0.15, 0.2) is 72.9 Å². The van der Waals surface area contributed by atoms with Crippen molar-refractivity contribution in [3.05, 3.63) is 89.7 Å². The number of carbonyl (C=O) groups excluding carboxylic acids is 2. The zero-order chi connectivity index (χ0) is 20.2. The molecule has 0 aliphatic carbocycles. The molecule has 2 aromatic carbocycles.